The van der Waals surface area contributed by atoms with Crippen LogP contribution in [0, 0.1) is 49.7 Å². The van der Waals surface area contributed by atoms with Crippen LogP contribution in [0.2, 0.25) is 5.02 Å². The maximum absolute atomic E-state index is 15.4. The highest BCUT2D eigenvalue weighted by atomic mass is 79.9. The number of hydrogen-bond acceptors (Lipinski definition) is 12. The lowest BCUT2D eigenvalue weighted by atomic mass is 9.49. The van der Waals surface area contributed by atoms with Gasteiger partial charge in [-0.15, -0.1) is 0 Å². The number of nitrogens with one attached hydrogen (secondary N) is 1. The Balaban J connectivity index is 1.34. The first-order valence-corrected chi connectivity index (χ1v) is 19.6. The summed E-state index contributed by atoms with van der Waals surface area (Å²) in [6.45, 7) is 0. The summed E-state index contributed by atoms with van der Waals surface area (Å²) >= 11 is 9.85. The third-order valence-electron chi connectivity index (χ3n) is 12.0. The van der Waals surface area contributed by atoms with E-state index >= 15 is 4.79 Å². The van der Waals surface area contributed by atoms with Crippen molar-refractivity contribution in [3.05, 3.63) is 131 Å². The fraction of sp³-hybridized carbons (Fsp3) is 0.268. The number of hydrazine groups is 1. The standard InChI is InChI=1S/C41H33BrClFN6O10/c1-46(2)35-30(49(56)57)16-24(17-31(35)50(58)59)47-37(52)26-13-12-25-27(33(26)39(47)54)18-29-38(53)48(45-23-10-8-22(44)9-11-23)40(55)41(29,19-4-6-21(43)7-5-19)34(25)28-14-20(42)15-32(60-3)36(28)51/h4-12,14-17,26-27,29,33-34,45,51H,13,18H2,1-3H3. The lowest BCUT2D eigenvalue weighted by molar-refractivity contribution is -0.392. The van der Waals surface area contributed by atoms with Gasteiger partial charge < -0.3 is 14.7 Å². The van der Waals surface area contributed by atoms with E-state index in [-0.39, 0.29) is 47.0 Å². The summed E-state index contributed by atoms with van der Waals surface area (Å²) in [5.41, 5.74) is 0.0580. The van der Waals surface area contributed by atoms with Gasteiger partial charge in [0.15, 0.2) is 17.2 Å². The highest BCUT2D eigenvalue weighted by Gasteiger charge is 2.71. The van der Waals surface area contributed by atoms with E-state index in [2.05, 4.69) is 21.4 Å². The number of fused-ring (bicyclic) bond motifs is 4. The largest absolute Gasteiger partial charge is 0.504 e. The summed E-state index contributed by atoms with van der Waals surface area (Å²) in [7, 11) is 4.11. The van der Waals surface area contributed by atoms with Crippen LogP contribution in [0.3, 0.4) is 0 Å². The van der Waals surface area contributed by atoms with Crippen LogP contribution in [-0.4, -0.2) is 64.8 Å². The second-order valence-electron chi connectivity index (χ2n) is 15.2. The molecule has 4 aromatic carbocycles. The van der Waals surface area contributed by atoms with Gasteiger partial charge in [0.05, 0.1) is 51.5 Å². The molecule has 308 valence electrons. The first kappa shape index (κ1) is 40.4. The van der Waals surface area contributed by atoms with Crippen LogP contribution in [0.4, 0.5) is 32.8 Å². The van der Waals surface area contributed by atoms with Gasteiger partial charge in [0.2, 0.25) is 11.8 Å². The fourth-order valence-corrected chi connectivity index (χ4v) is 10.3. The minimum absolute atomic E-state index is 0.0271. The molecule has 16 nitrogen and oxygen atoms in total. The average molecular weight is 904 g/mol. The van der Waals surface area contributed by atoms with Gasteiger partial charge in [-0.05, 0) is 72.9 Å². The number of allylic oxidation sites excluding steroid dienone is 2. The number of carbonyl (C=O) groups excluding carboxylic acids is 4. The minimum Gasteiger partial charge on any atom is -0.504 e. The van der Waals surface area contributed by atoms with Crippen molar-refractivity contribution in [1.82, 2.24) is 5.01 Å². The number of phenols is 1. The summed E-state index contributed by atoms with van der Waals surface area (Å²) < 4.78 is 19.9. The predicted octanol–water partition coefficient (Wildman–Crippen LogP) is 7.03. The Kier molecular flexibility index (Phi) is 9.90. The zero-order valence-electron chi connectivity index (χ0n) is 31.8. The van der Waals surface area contributed by atoms with Gasteiger partial charge in [0.1, 0.15) is 5.82 Å². The summed E-state index contributed by atoms with van der Waals surface area (Å²) in [6.07, 6.45) is 1.48. The molecule has 3 fully saturated rings. The fourth-order valence-electron chi connectivity index (χ4n) is 9.68. The number of halogens is 3. The number of nitro groups is 2. The zero-order valence-corrected chi connectivity index (χ0v) is 34.1. The minimum atomic E-state index is -1.83. The Bertz CT molecular complexity index is 2560. The van der Waals surface area contributed by atoms with Crippen LogP contribution in [0.15, 0.2) is 88.9 Å². The number of nitro benzene ring substituents is 2. The van der Waals surface area contributed by atoms with E-state index in [0.717, 1.165) is 34.2 Å². The van der Waals surface area contributed by atoms with Crippen molar-refractivity contribution in [2.45, 2.75) is 24.2 Å². The average Bonchev–Trinajstić information content (AvgIpc) is 3.59. The summed E-state index contributed by atoms with van der Waals surface area (Å²) in [4.78, 5) is 84.3. The van der Waals surface area contributed by atoms with E-state index in [9.17, 15) is 44.1 Å². The molecule has 2 aliphatic heterocycles. The highest BCUT2D eigenvalue weighted by molar-refractivity contribution is 9.10. The van der Waals surface area contributed by atoms with Crippen molar-refractivity contribution >= 4 is 79.6 Å². The van der Waals surface area contributed by atoms with Gasteiger partial charge in [0, 0.05) is 47.2 Å². The molecule has 0 bridgehead atoms. The Labute approximate surface area is 353 Å². The van der Waals surface area contributed by atoms with Crippen molar-refractivity contribution in [2.24, 2.45) is 23.7 Å². The van der Waals surface area contributed by atoms with Crippen LogP contribution >= 0.6 is 27.5 Å². The Morgan fingerprint density at radius 2 is 1.57 bits per heavy atom. The lowest BCUT2D eigenvalue weighted by Crippen LogP contribution is -2.53. The van der Waals surface area contributed by atoms with E-state index in [1.54, 1.807) is 36.4 Å². The van der Waals surface area contributed by atoms with Crippen molar-refractivity contribution in [3.8, 4) is 11.5 Å². The van der Waals surface area contributed by atoms with E-state index < -0.39 is 85.7 Å². The van der Waals surface area contributed by atoms with E-state index in [0.29, 0.717) is 20.6 Å². The molecular formula is C41H33BrClFN6O10. The SMILES string of the molecule is COc1cc(Br)cc(C2C3=CCC4C(=O)N(c5cc([N+](=O)[O-])c(N(C)C)c([N+](=O)[O-])c5)C(=O)C4C3CC3C(=O)N(Nc4ccc(F)cc4)C(=O)C32c2ccc(Cl)cc2)c1O. The third-order valence-corrected chi connectivity index (χ3v) is 12.7. The third kappa shape index (κ3) is 5.98. The summed E-state index contributed by atoms with van der Waals surface area (Å²) in [5.74, 6) is -9.59. The number of phenolic OH excluding ortho intramolecular Hbond substituents is 1. The number of hydrogen-bond donors (Lipinski definition) is 2. The first-order chi connectivity index (χ1) is 28.5. The predicted molar refractivity (Wildman–Crippen MR) is 218 cm³/mol. The molecule has 2 N–H and O–H groups in total. The number of methoxy groups -OCH3 is 1. The van der Waals surface area contributed by atoms with Gasteiger partial charge in [0.25, 0.3) is 11.8 Å². The Morgan fingerprint density at radius 1 is 0.933 bits per heavy atom. The molecule has 4 aliphatic rings. The molecule has 2 saturated heterocycles. The van der Waals surface area contributed by atoms with Crippen molar-refractivity contribution < 1.29 is 43.3 Å². The molecule has 60 heavy (non-hydrogen) atoms. The molecule has 2 aliphatic carbocycles. The highest BCUT2D eigenvalue weighted by Crippen LogP contribution is 2.65. The van der Waals surface area contributed by atoms with Crippen LogP contribution in [0.1, 0.15) is 29.9 Å². The van der Waals surface area contributed by atoms with Crippen molar-refractivity contribution in [2.75, 3.05) is 36.4 Å². The van der Waals surface area contributed by atoms with Crippen LogP contribution < -0.4 is 20.0 Å². The molecular weight excluding hydrogens is 871 g/mol. The van der Waals surface area contributed by atoms with E-state index in [1.165, 1.54) is 44.3 Å². The first-order valence-electron chi connectivity index (χ1n) is 18.5. The number of ether oxygens (including phenoxy) is 1. The quantitative estimate of drug-likeness (QED) is 0.0752. The van der Waals surface area contributed by atoms with Gasteiger partial charge >= 0.3 is 11.4 Å². The van der Waals surface area contributed by atoms with Gasteiger partial charge in [-0.1, -0.05) is 51.3 Å². The number of carbonyl (C=O) groups is 4. The van der Waals surface area contributed by atoms with Gasteiger partial charge in [-0.3, -0.25) is 44.8 Å². The molecule has 4 aromatic rings. The Hall–Kier alpha value is -6.40. The molecule has 0 spiro atoms. The van der Waals surface area contributed by atoms with Gasteiger partial charge in [-0.2, -0.15) is 5.01 Å². The molecule has 19 heteroatoms. The zero-order chi connectivity index (χ0) is 43.1. The van der Waals surface area contributed by atoms with Crippen LogP contribution in [0.25, 0.3) is 0 Å². The number of anilines is 3. The number of amides is 4. The number of aromatic hydroxyl groups is 1. The number of imide groups is 2. The molecule has 4 amide bonds. The van der Waals surface area contributed by atoms with Gasteiger partial charge in [-0.25, -0.2) is 9.29 Å². The number of rotatable bonds is 9. The molecule has 6 unspecified atom stereocenters. The smallest absolute Gasteiger partial charge is 0.301 e. The normalized spacial score (nSPS) is 24.4. The number of benzene rings is 4. The van der Waals surface area contributed by atoms with Crippen molar-refractivity contribution in [3.63, 3.8) is 0 Å². The van der Waals surface area contributed by atoms with Crippen molar-refractivity contribution in [1.29, 1.82) is 0 Å². The van der Waals surface area contributed by atoms with Crippen LogP contribution in [-0.2, 0) is 24.6 Å². The molecule has 1 saturated carbocycles. The van der Waals surface area contributed by atoms with E-state index in [1.807, 2.05) is 0 Å². The molecule has 6 atom stereocenters. The maximum Gasteiger partial charge on any atom is 0.301 e. The topological polar surface area (TPSA) is 206 Å². The molecule has 8 rings (SSSR count). The molecule has 0 radical (unpaired) electrons. The molecule has 0 aromatic heterocycles. The number of nitrogens with zero attached hydrogens (tertiary/aromatic N) is 5. The lowest BCUT2D eigenvalue weighted by Gasteiger charge is -2.50. The Morgan fingerprint density at radius 3 is 2.15 bits per heavy atom. The van der Waals surface area contributed by atoms with E-state index in [4.69, 9.17) is 16.3 Å². The second-order valence-corrected chi connectivity index (χ2v) is 16.5. The molecule has 2 heterocycles. The summed E-state index contributed by atoms with van der Waals surface area (Å²) in [5, 5.41) is 37.6. The van der Waals surface area contributed by atoms with Crippen LogP contribution in [0.5, 0.6) is 11.5 Å². The second kappa shape index (κ2) is 14.7. The summed E-state index contributed by atoms with van der Waals surface area (Å²) in [6, 6.07) is 16.3. The monoisotopic (exact) mass is 902 g/mol. The maximum atomic E-state index is 15.4.